The van der Waals surface area contributed by atoms with Crippen molar-refractivity contribution < 1.29 is 23.8 Å². The van der Waals surface area contributed by atoms with Crippen molar-refractivity contribution in [2.75, 3.05) is 24.6 Å². The summed E-state index contributed by atoms with van der Waals surface area (Å²) in [5.41, 5.74) is 3.29. The van der Waals surface area contributed by atoms with Gasteiger partial charge in [0, 0.05) is 43.4 Å². The predicted octanol–water partition coefficient (Wildman–Crippen LogP) is 4.41. The van der Waals surface area contributed by atoms with E-state index in [0.29, 0.717) is 36.6 Å². The van der Waals surface area contributed by atoms with Crippen molar-refractivity contribution in [1.29, 1.82) is 0 Å². The fraction of sp³-hybridized carbons (Fsp3) is 0.387. The molecular weight excluding hydrogens is 525 g/mol. The summed E-state index contributed by atoms with van der Waals surface area (Å²) in [5.74, 6) is 1.08. The number of halogens is 1. The van der Waals surface area contributed by atoms with E-state index >= 15 is 0 Å². The number of imidazole rings is 1. The van der Waals surface area contributed by atoms with E-state index in [1.165, 1.54) is 6.07 Å². The minimum absolute atomic E-state index is 0.128. The fourth-order valence-electron chi connectivity index (χ4n) is 6.23. The van der Waals surface area contributed by atoms with Gasteiger partial charge in [-0.15, -0.1) is 0 Å². The largest absolute Gasteiger partial charge is 0.478 e. The van der Waals surface area contributed by atoms with E-state index in [1.807, 2.05) is 31.2 Å². The van der Waals surface area contributed by atoms with Gasteiger partial charge in [-0.25, -0.2) is 14.2 Å². The quantitative estimate of drug-likeness (QED) is 0.324. The first kappa shape index (κ1) is 25.9. The van der Waals surface area contributed by atoms with Gasteiger partial charge in [0.15, 0.2) is 0 Å². The van der Waals surface area contributed by atoms with Gasteiger partial charge in [-0.3, -0.25) is 4.90 Å². The van der Waals surface area contributed by atoms with Gasteiger partial charge in [-0.05, 0) is 55.7 Å². The molecule has 1 N–H and O–H groups in total. The second-order valence-electron chi connectivity index (χ2n) is 11.3. The molecule has 3 atom stereocenters. The summed E-state index contributed by atoms with van der Waals surface area (Å²) in [6, 6.07) is 16.7. The monoisotopic (exact) mass is 557 g/mol. The Kier molecular flexibility index (Phi) is 6.59. The van der Waals surface area contributed by atoms with E-state index in [1.54, 1.807) is 24.3 Å². The number of aryl methyl sites for hydroxylation is 1. The van der Waals surface area contributed by atoms with E-state index in [2.05, 4.69) is 14.4 Å². The maximum Gasteiger partial charge on any atom is 0.335 e. The average Bonchev–Trinajstić information content (AvgIpc) is 3.63. The molecule has 41 heavy (non-hydrogen) atoms. The summed E-state index contributed by atoms with van der Waals surface area (Å²) in [7, 11) is 0. The van der Waals surface area contributed by atoms with Crippen LogP contribution in [0.2, 0.25) is 0 Å². The number of piperazine rings is 1. The lowest BCUT2D eigenvalue weighted by molar-refractivity contribution is -0.0592. The van der Waals surface area contributed by atoms with Crippen LogP contribution in [0, 0.1) is 12.7 Å². The summed E-state index contributed by atoms with van der Waals surface area (Å²) < 4.78 is 28.0. The number of anilines is 1. The summed E-state index contributed by atoms with van der Waals surface area (Å²) in [5, 5.41) is 9.53. The summed E-state index contributed by atoms with van der Waals surface area (Å²) in [4.78, 5) is 26.1. The van der Waals surface area contributed by atoms with Gasteiger partial charge < -0.3 is 24.0 Å². The van der Waals surface area contributed by atoms with Gasteiger partial charge in [0.1, 0.15) is 24.1 Å². The van der Waals surface area contributed by atoms with Gasteiger partial charge in [0.2, 0.25) is 5.88 Å². The van der Waals surface area contributed by atoms with Crippen molar-refractivity contribution in [2.24, 2.45) is 0 Å². The number of nitrogens with zero attached hydrogens (tertiary/aromatic N) is 5. The normalized spacial score (nSPS) is 21.9. The molecule has 3 saturated heterocycles. The van der Waals surface area contributed by atoms with Crippen molar-refractivity contribution in [1.82, 2.24) is 19.4 Å². The van der Waals surface area contributed by atoms with E-state index in [4.69, 9.17) is 19.4 Å². The zero-order chi connectivity index (χ0) is 28.1. The van der Waals surface area contributed by atoms with Gasteiger partial charge >= 0.3 is 5.97 Å². The Labute approximate surface area is 237 Å². The first-order chi connectivity index (χ1) is 19.9. The molecule has 3 fully saturated rings. The van der Waals surface area contributed by atoms with Gasteiger partial charge in [-0.1, -0.05) is 18.2 Å². The van der Waals surface area contributed by atoms with Crippen LogP contribution < -0.4 is 9.64 Å². The highest BCUT2D eigenvalue weighted by Crippen LogP contribution is 2.36. The van der Waals surface area contributed by atoms with Crippen molar-refractivity contribution in [3.05, 3.63) is 82.9 Å². The fourth-order valence-corrected chi connectivity index (χ4v) is 6.23. The van der Waals surface area contributed by atoms with Gasteiger partial charge in [-0.2, -0.15) is 4.98 Å². The van der Waals surface area contributed by atoms with Crippen LogP contribution in [-0.4, -0.2) is 68.4 Å². The smallest absolute Gasteiger partial charge is 0.335 e. The summed E-state index contributed by atoms with van der Waals surface area (Å²) in [6.07, 6.45) is 2.17. The van der Waals surface area contributed by atoms with Crippen molar-refractivity contribution in [3.63, 3.8) is 0 Å². The molecule has 5 heterocycles. The molecule has 10 heteroatoms. The van der Waals surface area contributed by atoms with Gasteiger partial charge in [0.25, 0.3) is 0 Å². The minimum atomic E-state index is -0.941. The Morgan fingerprint density at radius 3 is 2.73 bits per heavy atom. The summed E-state index contributed by atoms with van der Waals surface area (Å²) >= 11 is 0. The molecule has 4 aromatic rings. The van der Waals surface area contributed by atoms with Crippen LogP contribution in [0.4, 0.5) is 10.2 Å². The Morgan fingerprint density at radius 2 is 2.00 bits per heavy atom. The van der Waals surface area contributed by atoms with Crippen molar-refractivity contribution in [2.45, 2.75) is 57.6 Å². The van der Waals surface area contributed by atoms with Crippen LogP contribution in [0.1, 0.15) is 40.2 Å². The molecule has 0 saturated carbocycles. The second-order valence-corrected chi connectivity index (χ2v) is 11.3. The Morgan fingerprint density at radius 1 is 1.12 bits per heavy atom. The van der Waals surface area contributed by atoms with E-state index in [0.717, 1.165) is 60.8 Å². The molecule has 3 aliphatic rings. The highest BCUT2D eigenvalue weighted by Gasteiger charge is 2.44. The van der Waals surface area contributed by atoms with Crippen LogP contribution in [0.25, 0.3) is 11.0 Å². The average molecular weight is 558 g/mol. The molecule has 0 amide bonds. The third kappa shape index (κ3) is 5.02. The van der Waals surface area contributed by atoms with Crippen LogP contribution in [0.3, 0.4) is 0 Å². The maximum atomic E-state index is 14.2. The number of carbonyl (C=O) groups is 1. The number of carboxylic acids is 1. The molecular formula is C31H32FN5O4. The molecule has 0 radical (unpaired) electrons. The molecule has 0 spiro atoms. The third-order valence-electron chi connectivity index (χ3n) is 8.54. The van der Waals surface area contributed by atoms with Crippen LogP contribution in [0.5, 0.6) is 5.88 Å². The number of pyridine rings is 1. The first-order valence-corrected chi connectivity index (χ1v) is 14.1. The number of aromatic nitrogens is 3. The lowest BCUT2D eigenvalue weighted by atomic mass is 10.1. The zero-order valence-corrected chi connectivity index (χ0v) is 22.9. The maximum absolute atomic E-state index is 14.2. The second kappa shape index (κ2) is 10.4. The van der Waals surface area contributed by atoms with Crippen molar-refractivity contribution >= 4 is 22.8 Å². The molecule has 9 nitrogen and oxygen atoms in total. The lowest BCUT2D eigenvalue weighted by Gasteiger charge is -2.35. The van der Waals surface area contributed by atoms with E-state index in [9.17, 15) is 14.3 Å². The Balaban J connectivity index is 1.05. The summed E-state index contributed by atoms with van der Waals surface area (Å²) in [6.45, 7) is 5.86. The van der Waals surface area contributed by atoms with Crippen LogP contribution >= 0.6 is 0 Å². The van der Waals surface area contributed by atoms with E-state index < -0.39 is 5.97 Å². The molecule has 7 rings (SSSR count). The number of carboxylic acid groups (broad SMARTS) is 1. The molecule has 2 unspecified atom stereocenters. The zero-order valence-electron chi connectivity index (χ0n) is 22.9. The number of hydrogen-bond donors (Lipinski definition) is 1. The molecule has 212 valence electrons. The molecule has 2 aromatic heterocycles. The standard InChI is InChI=1S/C31H32FN5O4/c1-19-5-6-21(25(32)11-19)18-41-30-4-2-3-28(34-30)36-15-22-13-23(36)14-35(22)17-29-33-26-8-7-20(31(38)39)12-27(26)37(29)16-24-9-10-40-24/h2-8,11-12,22-24H,9-10,13-18H2,1H3,(H,38,39)/t22?,23?,24-/m0/s1. The number of likely N-dealkylation sites (tertiary alicyclic amines) is 1. The Hall–Kier alpha value is -4.02. The molecule has 2 bridgehead atoms. The number of ether oxygens (including phenoxy) is 2. The number of fused-ring (bicyclic) bond motifs is 3. The molecule has 0 aliphatic carbocycles. The number of rotatable bonds is 9. The highest BCUT2D eigenvalue weighted by molar-refractivity contribution is 5.92. The Bertz CT molecular complexity index is 1620. The number of aromatic carboxylic acids is 1. The minimum Gasteiger partial charge on any atom is -0.478 e. The number of benzene rings is 2. The van der Waals surface area contributed by atoms with E-state index in [-0.39, 0.29) is 24.1 Å². The number of hydrogen-bond acceptors (Lipinski definition) is 7. The topological polar surface area (TPSA) is 93.0 Å². The van der Waals surface area contributed by atoms with Crippen molar-refractivity contribution in [3.8, 4) is 5.88 Å². The highest BCUT2D eigenvalue weighted by atomic mass is 19.1. The molecule has 2 aromatic carbocycles. The van der Waals surface area contributed by atoms with Crippen LogP contribution in [-0.2, 0) is 24.4 Å². The first-order valence-electron chi connectivity index (χ1n) is 14.1. The third-order valence-corrected chi connectivity index (χ3v) is 8.54. The lowest BCUT2D eigenvalue weighted by Crippen LogP contribution is -2.46. The predicted molar refractivity (Wildman–Crippen MR) is 151 cm³/mol. The SMILES string of the molecule is Cc1ccc(COc2cccc(N3CC4CC3CN4Cc3nc4ccc(C(=O)O)cc4n3C[C@@H]3CCO3)n2)c(F)c1. The molecule has 3 aliphatic heterocycles. The van der Waals surface area contributed by atoms with Crippen LogP contribution in [0.15, 0.2) is 54.6 Å². The van der Waals surface area contributed by atoms with Gasteiger partial charge in [0.05, 0.1) is 35.8 Å².